The zero-order valence-electron chi connectivity index (χ0n) is 9.38. The maximum atomic E-state index is 5.12. The summed E-state index contributed by atoms with van der Waals surface area (Å²) >= 11 is 0. The van der Waals surface area contributed by atoms with Gasteiger partial charge in [0.1, 0.15) is 12.4 Å². The van der Waals surface area contributed by atoms with Crippen LogP contribution in [0.15, 0.2) is 16.9 Å². The van der Waals surface area contributed by atoms with Crippen LogP contribution in [-0.4, -0.2) is 33.4 Å². The van der Waals surface area contributed by atoms with Gasteiger partial charge in [0.25, 0.3) is 0 Å². The number of hydrogen-bond acceptors (Lipinski definition) is 5. The third-order valence-corrected chi connectivity index (χ3v) is 2.27. The molecule has 2 aromatic rings. The Morgan fingerprint density at radius 3 is 3.06 bits per heavy atom. The van der Waals surface area contributed by atoms with Crippen molar-refractivity contribution < 1.29 is 9.26 Å². The van der Waals surface area contributed by atoms with Crippen LogP contribution in [-0.2, 0) is 17.7 Å². The fourth-order valence-corrected chi connectivity index (χ4v) is 1.37. The van der Waals surface area contributed by atoms with Crippen LogP contribution < -0.4 is 0 Å². The number of hydrogen-bond donors (Lipinski definition) is 0. The minimum Gasteiger partial charge on any atom is -0.384 e. The maximum absolute atomic E-state index is 5.12. The first-order valence-electron chi connectivity index (χ1n) is 5.07. The molecule has 0 aliphatic carbocycles. The molecular weight excluding hydrogens is 208 g/mol. The molecular formula is C10H14N4O2. The van der Waals surface area contributed by atoms with Crippen LogP contribution in [0.5, 0.6) is 0 Å². The maximum Gasteiger partial charge on any atom is 0.246 e. The summed E-state index contributed by atoms with van der Waals surface area (Å²) in [5.41, 5.74) is 0. The molecule has 0 atom stereocenters. The molecule has 0 aliphatic heterocycles. The summed E-state index contributed by atoms with van der Waals surface area (Å²) in [6.45, 7) is 3.09. The van der Waals surface area contributed by atoms with Crippen molar-refractivity contribution in [3.63, 3.8) is 0 Å². The number of aromatic nitrogens is 4. The van der Waals surface area contributed by atoms with Crippen LogP contribution in [0.1, 0.15) is 17.5 Å². The van der Waals surface area contributed by atoms with Gasteiger partial charge in [-0.1, -0.05) is 5.16 Å². The topological polar surface area (TPSA) is 66.0 Å². The first-order valence-corrected chi connectivity index (χ1v) is 5.07. The van der Waals surface area contributed by atoms with Gasteiger partial charge >= 0.3 is 0 Å². The molecule has 0 unspecified atom stereocenters. The van der Waals surface area contributed by atoms with E-state index in [1.807, 2.05) is 17.7 Å². The molecule has 0 N–H and O–H groups in total. The minimum atomic E-state index is 0.561. The highest BCUT2D eigenvalue weighted by Crippen LogP contribution is 2.03. The molecule has 16 heavy (non-hydrogen) atoms. The molecule has 6 heteroatoms. The second-order valence-electron chi connectivity index (χ2n) is 3.45. The molecule has 2 rings (SSSR count). The van der Waals surface area contributed by atoms with Gasteiger partial charge in [0.05, 0.1) is 6.61 Å². The van der Waals surface area contributed by atoms with Crippen molar-refractivity contribution in [2.75, 3.05) is 13.7 Å². The van der Waals surface area contributed by atoms with Crippen LogP contribution >= 0.6 is 0 Å². The molecule has 2 aromatic heterocycles. The molecule has 0 amide bonds. The van der Waals surface area contributed by atoms with E-state index in [-0.39, 0.29) is 0 Å². The van der Waals surface area contributed by atoms with Crippen molar-refractivity contribution in [3.8, 4) is 0 Å². The first kappa shape index (κ1) is 10.8. The Morgan fingerprint density at radius 1 is 1.50 bits per heavy atom. The van der Waals surface area contributed by atoms with Crippen LogP contribution in [0.25, 0.3) is 0 Å². The van der Waals surface area contributed by atoms with E-state index in [2.05, 4.69) is 15.1 Å². The molecule has 0 aromatic carbocycles. The predicted molar refractivity (Wildman–Crippen MR) is 55.9 cm³/mol. The third-order valence-electron chi connectivity index (χ3n) is 2.27. The van der Waals surface area contributed by atoms with Crippen molar-refractivity contribution in [1.82, 2.24) is 19.7 Å². The van der Waals surface area contributed by atoms with E-state index in [1.165, 1.54) is 0 Å². The number of rotatable bonds is 5. The number of nitrogens with zero attached hydrogens (tertiary/aromatic N) is 4. The summed E-state index contributed by atoms with van der Waals surface area (Å²) in [6, 6.07) is 0. The van der Waals surface area contributed by atoms with E-state index < -0.39 is 0 Å². The second-order valence-corrected chi connectivity index (χ2v) is 3.45. The van der Waals surface area contributed by atoms with Crippen LogP contribution in [0, 0.1) is 6.92 Å². The molecule has 86 valence electrons. The molecule has 0 bridgehead atoms. The molecule has 0 saturated carbocycles. The Balaban J connectivity index is 2.00. The quantitative estimate of drug-likeness (QED) is 0.749. The molecule has 2 heterocycles. The Labute approximate surface area is 93.3 Å². The summed E-state index contributed by atoms with van der Waals surface area (Å²) in [5, 5.41) is 3.86. The zero-order valence-corrected chi connectivity index (χ0v) is 9.38. The van der Waals surface area contributed by atoms with Crippen molar-refractivity contribution in [3.05, 3.63) is 29.9 Å². The van der Waals surface area contributed by atoms with Crippen molar-refractivity contribution >= 4 is 0 Å². The highest BCUT2D eigenvalue weighted by molar-refractivity contribution is 4.94. The largest absolute Gasteiger partial charge is 0.384 e. The lowest BCUT2D eigenvalue weighted by atomic mass is 10.4. The van der Waals surface area contributed by atoms with Crippen LogP contribution in [0.3, 0.4) is 0 Å². The average Bonchev–Trinajstić information content (AvgIpc) is 2.87. The normalized spacial score (nSPS) is 10.9. The second kappa shape index (κ2) is 4.89. The number of ether oxygens (including phenoxy) is 1. The van der Waals surface area contributed by atoms with Crippen LogP contribution in [0.2, 0.25) is 0 Å². The standard InChI is InChI=1S/C10H14N4O2/c1-8-11-4-5-14(8)7-10-12-9(13-16-10)3-6-15-2/h4-5H,3,6-7H2,1-2H3. The van der Waals surface area contributed by atoms with E-state index in [0.29, 0.717) is 31.3 Å². The van der Waals surface area contributed by atoms with E-state index in [0.717, 1.165) is 5.82 Å². The van der Waals surface area contributed by atoms with Gasteiger partial charge in [0.15, 0.2) is 5.82 Å². The monoisotopic (exact) mass is 222 g/mol. The third kappa shape index (κ3) is 2.46. The lowest BCUT2D eigenvalue weighted by Gasteiger charge is -1.98. The highest BCUT2D eigenvalue weighted by Gasteiger charge is 2.07. The fourth-order valence-electron chi connectivity index (χ4n) is 1.37. The van der Waals surface area contributed by atoms with Crippen molar-refractivity contribution in [1.29, 1.82) is 0 Å². The van der Waals surface area contributed by atoms with Gasteiger partial charge < -0.3 is 13.8 Å². The Morgan fingerprint density at radius 2 is 2.38 bits per heavy atom. The van der Waals surface area contributed by atoms with Gasteiger partial charge in [0, 0.05) is 25.9 Å². The molecule has 0 saturated heterocycles. The molecule has 6 nitrogen and oxygen atoms in total. The summed E-state index contributed by atoms with van der Waals surface area (Å²) in [7, 11) is 1.65. The number of imidazole rings is 1. The smallest absolute Gasteiger partial charge is 0.246 e. The lowest BCUT2D eigenvalue weighted by molar-refractivity contribution is 0.199. The molecule has 0 aliphatic rings. The van der Waals surface area contributed by atoms with Gasteiger partial charge in [-0.05, 0) is 6.92 Å². The van der Waals surface area contributed by atoms with E-state index in [9.17, 15) is 0 Å². The molecule has 0 radical (unpaired) electrons. The Kier molecular flexibility index (Phi) is 3.31. The van der Waals surface area contributed by atoms with Gasteiger partial charge in [-0.15, -0.1) is 0 Å². The lowest BCUT2D eigenvalue weighted by Crippen LogP contribution is -2.01. The van der Waals surface area contributed by atoms with Gasteiger partial charge in [-0.3, -0.25) is 0 Å². The summed E-state index contributed by atoms with van der Waals surface area (Å²) < 4.78 is 12.0. The van der Waals surface area contributed by atoms with E-state index in [1.54, 1.807) is 13.3 Å². The SMILES string of the molecule is COCCc1noc(Cn2ccnc2C)n1. The summed E-state index contributed by atoms with van der Waals surface area (Å²) in [5.74, 6) is 2.19. The minimum absolute atomic E-state index is 0.561. The summed E-state index contributed by atoms with van der Waals surface area (Å²) in [6.07, 6.45) is 4.30. The van der Waals surface area contributed by atoms with Crippen molar-refractivity contribution in [2.24, 2.45) is 0 Å². The van der Waals surface area contributed by atoms with Crippen molar-refractivity contribution in [2.45, 2.75) is 19.9 Å². The number of aryl methyl sites for hydroxylation is 1. The zero-order chi connectivity index (χ0) is 11.4. The summed E-state index contributed by atoms with van der Waals surface area (Å²) in [4.78, 5) is 8.38. The number of methoxy groups -OCH3 is 1. The van der Waals surface area contributed by atoms with Crippen LogP contribution in [0.4, 0.5) is 0 Å². The molecule has 0 fully saturated rings. The van der Waals surface area contributed by atoms with Gasteiger partial charge in [-0.2, -0.15) is 4.98 Å². The highest BCUT2D eigenvalue weighted by atomic mass is 16.5. The average molecular weight is 222 g/mol. The van der Waals surface area contributed by atoms with E-state index in [4.69, 9.17) is 9.26 Å². The Bertz CT molecular complexity index is 449. The van der Waals surface area contributed by atoms with Gasteiger partial charge in [-0.25, -0.2) is 4.98 Å². The predicted octanol–water partition coefficient (Wildman–Crippen LogP) is 0.812. The Hall–Kier alpha value is -1.69. The van der Waals surface area contributed by atoms with E-state index >= 15 is 0 Å². The fraction of sp³-hybridized carbons (Fsp3) is 0.500. The first-order chi connectivity index (χ1) is 7.79. The molecule has 0 spiro atoms. The van der Waals surface area contributed by atoms with Gasteiger partial charge in [0.2, 0.25) is 5.89 Å².